The maximum absolute atomic E-state index is 12.2. The van der Waals surface area contributed by atoms with Crippen molar-refractivity contribution in [3.63, 3.8) is 0 Å². The summed E-state index contributed by atoms with van der Waals surface area (Å²) in [6, 6.07) is 14.7. The van der Waals surface area contributed by atoms with Crippen molar-refractivity contribution in [3.05, 3.63) is 69.2 Å². The molecular formula is C25H23Cl3N2O2. The fourth-order valence-electron chi connectivity index (χ4n) is 3.91. The summed E-state index contributed by atoms with van der Waals surface area (Å²) < 4.78 is 6.25. The molecule has 1 aliphatic rings. The van der Waals surface area contributed by atoms with Gasteiger partial charge in [-0.2, -0.15) is 0 Å². The number of pyridine rings is 1. The smallest absolute Gasteiger partial charge is 0.220 e. The van der Waals surface area contributed by atoms with Gasteiger partial charge in [-0.3, -0.25) is 4.79 Å². The molecule has 0 fully saturated rings. The summed E-state index contributed by atoms with van der Waals surface area (Å²) in [6.45, 7) is 5.82. The van der Waals surface area contributed by atoms with Gasteiger partial charge >= 0.3 is 0 Å². The molecular weight excluding hydrogens is 467 g/mol. The quantitative estimate of drug-likeness (QED) is 0.412. The molecule has 0 saturated heterocycles. The number of hydrogen-bond acceptors (Lipinski definition) is 3. The normalized spacial score (nSPS) is 16.8. The van der Waals surface area contributed by atoms with Gasteiger partial charge < -0.3 is 10.1 Å². The first-order valence-corrected chi connectivity index (χ1v) is 11.5. The van der Waals surface area contributed by atoms with Gasteiger partial charge in [-0.05, 0) is 55.8 Å². The van der Waals surface area contributed by atoms with Crippen molar-refractivity contribution in [3.8, 4) is 28.3 Å². The van der Waals surface area contributed by atoms with Crippen molar-refractivity contribution >= 4 is 40.7 Å². The summed E-state index contributed by atoms with van der Waals surface area (Å²) in [5, 5.41) is 4.80. The van der Waals surface area contributed by atoms with Crippen molar-refractivity contribution in [2.75, 3.05) is 0 Å². The van der Waals surface area contributed by atoms with Gasteiger partial charge in [-0.15, -0.1) is 0 Å². The molecule has 7 heteroatoms. The van der Waals surface area contributed by atoms with Crippen LogP contribution in [-0.4, -0.2) is 16.5 Å². The second kappa shape index (κ2) is 8.93. The molecule has 2 heterocycles. The molecule has 1 unspecified atom stereocenters. The number of nitrogens with one attached hydrogen (secondary N) is 1. The number of aromatic nitrogens is 1. The van der Waals surface area contributed by atoms with Crippen LogP contribution in [0, 0.1) is 0 Å². The number of hydrogen-bond donors (Lipinski definition) is 1. The summed E-state index contributed by atoms with van der Waals surface area (Å²) in [6.07, 6.45) is 1.04. The van der Waals surface area contributed by atoms with Crippen molar-refractivity contribution in [1.82, 2.24) is 10.3 Å². The number of ether oxygens (including phenoxy) is 1. The van der Waals surface area contributed by atoms with E-state index in [9.17, 15) is 4.79 Å². The molecule has 1 amide bonds. The van der Waals surface area contributed by atoms with Crippen molar-refractivity contribution in [2.45, 2.75) is 45.3 Å². The Labute approximate surface area is 202 Å². The fourth-order valence-corrected chi connectivity index (χ4v) is 4.53. The van der Waals surface area contributed by atoms with E-state index >= 15 is 0 Å². The Bertz CT molecular complexity index is 1180. The fraction of sp³-hybridized carbons (Fsp3) is 0.280. The van der Waals surface area contributed by atoms with Crippen LogP contribution >= 0.6 is 34.8 Å². The Morgan fingerprint density at radius 3 is 2.41 bits per heavy atom. The Morgan fingerprint density at radius 2 is 1.75 bits per heavy atom. The van der Waals surface area contributed by atoms with Crippen LogP contribution in [0.3, 0.4) is 0 Å². The number of amides is 1. The highest BCUT2D eigenvalue weighted by Crippen LogP contribution is 2.44. The zero-order valence-electron chi connectivity index (χ0n) is 18.0. The van der Waals surface area contributed by atoms with E-state index in [0.717, 1.165) is 22.3 Å². The molecule has 166 valence electrons. The Morgan fingerprint density at radius 1 is 1.06 bits per heavy atom. The highest BCUT2D eigenvalue weighted by Gasteiger charge is 2.36. The number of carbonyl (C=O) groups is 1. The van der Waals surface area contributed by atoms with Crippen LogP contribution in [0.4, 0.5) is 0 Å². The van der Waals surface area contributed by atoms with E-state index in [4.69, 9.17) is 44.5 Å². The summed E-state index contributed by atoms with van der Waals surface area (Å²) in [4.78, 5) is 17.2. The number of nitrogens with zero attached hydrogens (tertiary/aromatic N) is 1. The molecule has 0 spiro atoms. The van der Waals surface area contributed by atoms with E-state index in [-0.39, 0.29) is 11.9 Å². The van der Waals surface area contributed by atoms with E-state index in [0.29, 0.717) is 39.5 Å². The molecule has 0 bridgehead atoms. The van der Waals surface area contributed by atoms with Crippen LogP contribution in [0.25, 0.3) is 22.4 Å². The van der Waals surface area contributed by atoms with E-state index in [1.165, 1.54) is 0 Å². The minimum Gasteiger partial charge on any atom is -0.471 e. The average Bonchev–Trinajstić information content (AvgIpc) is 2.73. The number of rotatable bonds is 4. The lowest BCUT2D eigenvalue weighted by Crippen LogP contribution is -2.41. The number of carbonyl (C=O) groups excluding carboxylic acids is 1. The monoisotopic (exact) mass is 488 g/mol. The molecule has 1 aliphatic heterocycles. The van der Waals surface area contributed by atoms with Gasteiger partial charge in [0.05, 0.1) is 16.8 Å². The molecule has 4 nitrogen and oxygen atoms in total. The molecule has 32 heavy (non-hydrogen) atoms. The zero-order chi connectivity index (χ0) is 23.0. The standard InChI is InChI=1S/C25H23Cl3N2O2/c1-4-22(31)29-21-13-25(2,3)32-24-19(21)12-18(14-5-7-15(26)8-6-14)23(30-24)17-10-9-16(27)11-20(17)28/h5-12,21H,4,13H2,1-3H3,(H,29,31). The van der Waals surface area contributed by atoms with E-state index in [1.807, 2.05) is 57.2 Å². The molecule has 0 saturated carbocycles. The van der Waals surface area contributed by atoms with Gasteiger partial charge in [0, 0.05) is 39.6 Å². The third-order valence-corrected chi connectivity index (χ3v) is 6.26. The predicted molar refractivity (Wildman–Crippen MR) is 131 cm³/mol. The Kier molecular flexibility index (Phi) is 6.39. The first kappa shape index (κ1) is 22.9. The van der Waals surface area contributed by atoms with Crippen molar-refractivity contribution in [1.29, 1.82) is 0 Å². The molecule has 1 aromatic heterocycles. The summed E-state index contributed by atoms with van der Waals surface area (Å²) in [7, 11) is 0. The molecule has 3 aromatic rings. The first-order chi connectivity index (χ1) is 15.2. The lowest BCUT2D eigenvalue weighted by Gasteiger charge is -2.37. The summed E-state index contributed by atoms with van der Waals surface area (Å²) in [5.74, 6) is 0.470. The third kappa shape index (κ3) is 4.73. The average molecular weight is 490 g/mol. The maximum atomic E-state index is 12.2. The van der Waals surface area contributed by atoms with Gasteiger partial charge in [0.2, 0.25) is 11.8 Å². The topological polar surface area (TPSA) is 51.2 Å². The SMILES string of the molecule is CCC(=O)NC1CC(C)(C)Oc2nc(-c3ccc(Cl)cc3Cl)c(-c3ccc(Cl)cc3)cc21. The lowest BCUT2D eigenvalue weighted by molar-refractivity contribution is -0.122. The van der Waals surface area contributed by atoms with Gasteiger partial charge in [-0.1, -0.05) is 53.9 Å². The minimum absolute atomic E-state index is 0.0171. The van der Waals surface area contributed by atoms with Gasteiger partial charge in [0.25, 0.3) is 0 Å². The van der Waals surface area contributed by atoms with Crippen LogP contribution in [-0.2, 0) is 4.79 Å². The minimum atomic E-state index is -0.492. The highest BCUT2D eigenvalue weighted by atomic mass is 35.5. The lowest BCUT2D eigenvalue weighted by atomic mass is 9.88. The summed E-state index contributed by atoms with van der Waals surface area (Å²) >= 11 is 18.8. The largest absolute Gasteiger partial charge is 0.471 e. The van der Waals surface area contributed by atoms with E-state index in [1.54, 1.807) is 12.1 Å². The third-order valence-electron chi connectivity index (χ3n) is 5.46. The number of benzene rings is 2. The molecule has 0 radical (unpaired) electrons. The van der Waals surface area contributed by atoms with Crippen LogP contribution < -0.4 is 10.1 Å². The van der Waals surface area contributed by atoms with Gasteiger partial charge in [0.1, 0.15) is 5.60 Å². The van der Waals surface area contributed by atoms with Crippen molar-refractivity contribution < 1.29 is 9.53 Å². The molecule has 2 aromatic carbocycles. The zero-order valence-corrected chi connectivity index (χ0v) is 20.3. The van der Waals surface area contributed by atoms with Gasteiger partial charge in [-0.25, -0.2) is 4.98 Å². The van der Waals surface area contributed by atoms with Gasteiger partial charge in [0.15, 0.2) is 0 Å². The van der Waals surface area contributed by atoms with Crippen LogP contribution in [0.2, 0.25) is 15.1 Å². The number of fused-ring (bicyclic) bond motifs is 1. The second-order valence-corrected chi connectivity index (χ2v) is 9.73. The first-order valence-electron chi connectivity index (χ1n) is 10.4. The van der Waals surface area contributed by atoms with Crippen LogP contribution in [0.15, 0.2) is 48.5 Å². The maximum Gasteiger partial charge on any atom is 0.220 e. The van der Waals surface area contributed by atoms with Crippen LogP contribution in [0.5, 0.6) is 5.88 Å². The van der Waals surface area contributed by atoms with E-state index < -0.39 is 5.60 Å². The molecule has 0 aliphatic carbocycles. The van der Waals surface area contributed by atoms with E-state index in [2.05, 4.69) is 5.32 Å². The molecule has 1 N–H and O–H groups in total. The second-order valence-electron chi connectivity index (χ2n) is 8.45. The van der Waals surface area contributed by atoms with Crippen molar-refractivity contribution in [2.24, 2.45) is 0 Å². The molecule has 4 rings (SSSR count). The predicted octanol–water partition coefficient (Wildman–Crippen LogP) is 7.50. The van der Waals surface area contributed by atoms with Crippen LogP contribution in [0.1, 0.15) is 45.2 Å². The Hall–Kier alpha value is -2.27. The summed E-state index contributed by atoms with van der Waals surface area (Å²) in [5.41, 5.74) is 3.55. The Balaban J connectivity index is 1.95. The highest BCUT2D eigenvalue weighted by molar-refractivity contribution is 6.36. The molecule has 1 atom stereocenters. The number of halogens is 3.